The van der Waals surface area contributed by atoms with Crippen molar-refractivity contribution in [1.29, 1.82) is 0 Å². The van der Waals surface area contributed by atoms with Crippen molar-refractivity contribution in [3.8, 4) is 17.1 Å². The van der Waals surface area contributed by atoms with Gasteiger partial charge in [0.15, 0.2) is 5.82 Å². The molecule has 1 aliphatic rings. The summed E-state index contributed by atoms with van der Waals surface area (Å²) in [5.41, 5.74) is 2.15. The highest BCUT2D eigenvalue weighted by atomic mass is 16.5. The van der Waals surface area contributed by atoms with Crippen LogP contribution in [0.25, 0.3) is 11.4 Å². The summed E-state index contributed by atoms with van der Waals surface area (Å²) in [5.74, 6) is 2.09. The summed E-state index contributed by atoms with van der Waals surface area (Å²) in [6.45, 7) is 4.52. The number of carbonyl (C=O) groups is 1. The average molecular weight is 507 g/mol. The number of nitrogens with zero attached hydrogens (tertiary/aromatic N) is 2. The van der Waals surface area contributed by atoms with Gasteiger partial charge in [0.25, 0.3) is 0 Å². The van der Waals surface area contributed by atoms with Gasteiger partial charge in [-0.2, -0.15) is 0 Å². The maximum Gasteiger partial charge on any atom is 0.314 e. The molecule has 0 amide bonds. The van der Waals surface area contributed by atoms with Gasteiger partial charge in [-0.3, -0.25) is 4.79 Å². The molecule has 1 aliphatic carbocycles. The summed E-state index contributed by atoms with van der Waals surface area (Å²) in [5, 5.41) is 0. The van der Waals surface area contributed by atoms with E-state index in [9.17, 15) is 4.79 Å². The zero-order valence-electron chi connectivity index (χ0n) is 23.6. The molecule has 0 bridgehead atoms. The van der Waals surface area contributed by atoms with Crippen LogP contribution in [-0.4, -0.2) is 15.9 Å². The number of rotatable bonds is 17. The van der Waals surface area contributed by atoms with Gasteiger partial charge in [-0.1, -0.05) is 90.9 Å². The molecule has 0 spiro atoms. The van der Waals surface area contributed by atoms with E-state index in [1.165, 1.54) is 89.0 Å². The molecule has 4 nitrogen and oxygen atoms in total. The summed E-state index contributed by atoms with van der Waals surface area (Å²) in [6, 6.07) is 7.62. The molecule has 2 aromatic rings. The standard InChI is InChI=1S/C33H50N2O2/c1-3-5-7-8-9-10-11-12-13-14-16-28-25-34-32(35-26-28)29-21-23-31(24-22-29)37-33(36)30-19-17-27(18-20-30)15-6-4-2/h21-27,30H,3-20H2,1-2H3. The molecule has 37 heavy (non-hydrogen) atoms. The minimum absolute atomic E-state index is 0.0454. The number of ether oxygens (including phenoxy) is 1. The molecular formula is C33H50N2O2. The van der Waals surface area contributed by atoms with Crippen molar-refractivity contribution in [3.63, 3.8) is 0 Å². The van der Waals surface area contributed by atoms with Gasteiger partial charge in [-0.25, -0.2) is 9.97 Å². The number of aryl methyl sites for hydroxylation is 1. The van der Waals surface area contributed by atoms with Gasteiger partial charge in [0.1, 0.15) is 5.75 Å². The van der Waals surface area contributed by atoms with E-state index < -0.39 is 0 Å². The van der Waals surface area contributed by atoms with Crippen LogP contribution in [0, 0.1) is 11.8 Å². The zero-order valence-corrected chi connectivity index (χ0v) is 23.6. The van der Waals surface area contributed by atoms with E-state index >= 15 is 0 Å². The van der Waals surface area contributed by atoms with Gasteiger partial charge >= 0.3 is 5.97 Å². The lowest BCUT2D eigenvalue weighted by Gasteiger charge is -2.27. The minimum atomic E-state index is -0.0748. The Morgan fingerprint density at radius 3 is 1.92 bits per heavy atom. The Balaban J connectivity index is 1.33. The predicted molar refractivity (Wildman–Crippen MR) is 154 cm³/mol. The Bertz CT molecular complexity index is 870. The van der Waals surface area contributed by atoms with Crippen LogP contribution in [0.1, 0.15) is 129 Å². The van der Waals surface area contributed by atoms with Crippen LogP contribution in [0.15, 0.2) is 36.7 Å². The van der Waals surface area contributed by atoms with Crippen molar-refractivity contribution in [1.82, 2.24) is 9.97 Å². The van der Waals surface area contributed by atoms with Crippen molar-refractivity contribution >= 4 is 5.97 Å². The molecule has 0 unspecified atom stereocenters. The number of unbranched alkanes of at least 4 members (excludes halogenated alkanes) is 10. The molecule has 1 heterocycles. The third-order valence-electron chi connectivity index (χ3n) is 8.00. The number of esters is 1. The Morgan fingerprint density at radius 1 is 0.757 bits per heavy atom. The number of hydrogen-bond acceptors (Lipinski definition) is 4. The molecule has 0 radical (unpaired) electrons. The molecule has 0 N–H and O–H groups in total. The second kappa shape index (κ2) is 17.3. The van der Waals surface area contributed by atoms with E-state index in [-0.39, 0.29) is 11.9 Å². The molecule has 4 heteroatoms. The highest BCUT2D eigenvalue weighted by molar-refractivity contribution is 5.75. The fourth-order valence-electron chi connectivity index (χ4n) is 5.50. The first-order valence-corrected chi connectivity index (χ1v) is 15.3. The summed E-state index contributed by atoms with van der Waals surface area (Å²) in [6.07, 6.45) is 26.6. The lowest BCUT2D eigenvalue weighted by atomic mass is 9.80. The van der Waals surface area contributed by atoms with Crippen LogP contribution in [-0.2, 0) is 11.2 Å². The monoisotopic (exact) mass is 506 g/mol. The summed E-state index contributed by atoms with van der Waals surface area (Å²) < 4.78 is 5.70. The van der Waals surface area contributed by atoms with Gasteiger partial charge < -0.3 is 4.74 Å². The molecule has 0 atom stereocenters. The predicted octanol–water partition coefficient (Wildman–Crippen LogP) is 9.51. The quantitative estimate of drug-likeness (QED) is 0.122. The Morgan fingerprint density at radius 2 is 1.32 bits per heavy atom. The first kappa shape index (κ1) is 29.3. The Labute approximate surface area is 226 Å². The Hall–Kier alpha value is -2.23. The summed E-state index contributed by atoms with van der Waals surface area (Å²) in [4.78, 5) is 21.8. The molecule has 0 saturated heterocycles. The minimum Gasteiger partial charge on any atom is -0.426 e. The van der Waals surface area contributed by atoms with Crippen LogP contribution < -0.4 is 4.74 Å². The third kappa shape index (κ3) is 11.0. The van der Waals surface area contributed by atoms with Crippen LogP contribution in [0.2, 0.25) is 0 Å². The fourth-order valence-corrected chi connectivity index (χ4v) is 5.50. The molecule has 1 saturated carbocycles. The smallest absolute Gasteiger partial charge is 0.314 e. The molecule has 1 aromatic carbocycles. The highest BCUT2D eigenvalue weighted by Gasteiger charge is 2.27. The second-order valence-electron chi connectivity index (χ2n) is 11.2. The van der Waals surface area contributed by atoms with Gasteiger partial charge in [-0.05, 0) is 74.3 Å². The van der Waals surface area contributed by atoms with Crippen molar-refractivity contribution in [2.24, 2.45) is 11.8 Å². The van der Waals surface area contributed by atoms with Crippen LogP contribution in [0.3, 0.4) is 0 Å². The lowest BCUT2D eigenvalue weighted by molar-refractivity contribution is -0.140. The van der Waals surface area contributed by atoms with Crippen molar-refractivity contribution in [3.05, 3.63) is 42.2 Å². The highest BCUT2D eigenvalue weighted by Crippen LogP contribution is 2.33. The maximum atomic E-state index is 12.6. The van der Waals surface area contributed by atoms with Crippen molar-refractivity contribution in [2.45, 2.75) is 129 Å². The van der Waals surface area contributed by atoms with Gasteiger partial charge in [0.05, 0.1) is 5.92 Å². The number of carbonyl (C=O) groups excluding carboxylic acids is 1. The molecule has 1 aromatic heterocycles. The van der Waals surface area contributed by atoms with E-state index in [1.807, 2.05) is 36.7 Å². The second-order valence-corrected chi connectivity index (χ2v) is 11.2. The van der Waals surface area contributed by atoms with E-state index in [1.54, 1.807) is 0 Å². The first-order valence-electron chi connectivity index (χ1n) is 15.3. The lowest BCUT2D eigenvalue weighted by Crippen LogP contribution is -2.25. The van der Waals surface area contributed by atoms with Gasteiger partial charge in [0, 0.05) is 18.0 Å². The molecule has 0 aliphatic heterocycles. The SMILES string of the molecule is CCCCCCCCCCCCc1cnc(-c2ccc(OC(=O)C3CCC(CCCC)CC3)cc2)nc1. The normalized spacial score (nSPS) is 17.6. The van der Waals surface area contributed by atoms with E-state index in [2.05, 4.69) is 23.8 Å². The fraction of sp³-hybridized carbons (Fsp3) is 0.667. The number of aromatic nitrogens is 2. The number of benzene rings is 1. The molecule has 3 rings (SSSR count). The van der Waals surface area contributed by atoms with Crippen molar-refractivity contribution in [2.75, 3.05) is 0 Å². The third-order valence-corrected chi connectivity index (χ3v) is 8.00. The van der Waals surface area contributed by atoms with Gasteiger partial charge in [0.2, 0.25) is 0 Å². The number of hydrogen-bond donors (Lipinski definition) is 0. The summed E-state index contributed by atoms with van der Waals surface area (Å²) in [7, 11) is 0. The van der Waals surface area contributed by atoms with Crippen LogP contribution >= 0.6 is 0 Å². The van der Waals surface area contributed by atoms with Crippen molar-refractivity contribution < 1.29 is 9.53 Å². The molecule has 1 fully saturated rings. The topological polar surface area (TPSA) is 52.1 Å². The Kier molecular flexibility index (Phi) is 13.7. The van der Waals surface area contributed by atoms with Gasteiger partial charge in [-0.15, -0.1) is 0 Å². The largest absolute Gasteiger partial charge is 0.426 e. The van der Waals surface area contributed by atoms with Crippen LogP contribution in [0.5, 0.6) is 5.75 Å². The average Bonchev–Trinajstić information content (AvgIpc) is 2.94. The van der Waals surface area contributed by atoms with E-state index in [4.69, 9.17) is 4.74 Å². The maximum absolute atomic E-state index is 12.6. The summed E-state index contributed by atoms with van der Waals surface area (Å²) >= 11 is 0. The molecular weight excluding hydrogens is 456 g/mol. The first-order chi connectivity index (χ1) is 18.2. The van der Waals surface area contributed by atoms with E-state index in [0.29, 0.717) is 5.75 Å². The van der Waals surface area contributed by atoms with E-state index in [0.717, 1.165) is 49.4 Å². The van der Waals surface area contributed by atoms with Crippen LogP contribution in [0.4, 0.5) is 0 Å². The zero-order chi connectivity index (χ0) is 26.1. The molecule has 204 valence electrons.